The van der Waals surface area contributed by atoms with E-state index in [1.807, 2.05) is 91.2 Å². The number of hydrogen-bond donors (Lipinski definition) is 2. The van der Waals surface area contributed by atoms with Crippen molar-refractivity contribution >= 4 is 28.6 Å². The van der Waals surface area contributed by atoms with E-state index in [-0.39, 0.29) is 6.61 Å². The first kappa shape index (κ1) is 22.5. The number of nitrogen functional groups attached to an aromatic ring is 1. The molecular weight excluding hydrogens is 434 g/mol. The molecule has 3 aromatic heterocycles. The normalized spacial score (nSPS) is 10.7. The summed E-state index contributed by atoms with van der Waals surface area (Å²) in [6.07, 6.45) is 1.65. The quantitative estimate of drug-likeness (QED) is 0.350. The number of halogens is 1. The first-order chi connectivity index (χ1) is 16.2. The Bertz CT molecular complexity index is 1400. The van der Waals surface area contributed by atoms with Crippen molar-refractivity contribution in [2.24, 2.45) is 0 Å². The van der Waals surface area contributed by atoms with Crippen molar-refractivity contribution in [3.8, 4) is 28.3 Å². The Labute approximate surface area is 197 Å². The molecule has 0 aliphatic rings. The van der Waals surface area contributed by atoms with Crippen LogP contribution in [0.15, 0.2) is 79.0 Å². The summed E-state index contributed by atoms with van der Waals surface area (Å²) in [7, 11) is 0. The highest BCUT2D eigenvalue weighted by Gasteiger charge is 2.19. The van der Waals surface area contributed by atoms with Crippen LogP contribution in [0.25, 0.3) is 39.5 Å². The van der Waals surface area contributed by atoms with Crippen LogP contribution in [0.2, 0.25) is 5.02 Å². The number of nitrogens with two attached hydrogens (primary N) is 1. The first-order valence-electron chi connectivity index (χ1n) is 10.7. The van der Waals surface area contributed by atoms with Crippen LogP contribution in [0.3, 0.4) is 0 Å². The molecule has 0 fully saturated rings. The molecule has 3 heterocycles. The highest BCUT2D eigenvalue weighted by molar-refractivity contribution is 6.33. The highest BCUT2D eigenvalue weighted by atomic mass is 35.5. The van der Waals surface area contributed by atoms with Gasteiger partial charge in [0, 0.05) is 22.5 Å². The number of aromatic nitrogens is 4. The van der Waals surface area contributed by atoms with Crippen molar-refractivity contribution in [3.63, 3.8) is 0 Å². The van der Waals surface area contributed by atoms with E-state index < -0.39 is 0 Å². The van der Waals surface area contributed by atoms with Crippen molar-refractivity contribution in [1.82, 2.24) is 19.5 Å². The Kier molecular flexibility index (Phi) is 6.68. The fourth-order valence-corrected chi connectivity index (χ4v) is 3.79. The predicted molar refractivity (Wildman–Crippen MR) is 134 cm³/mol. The second-order valence-electron chi connectivity index (χ2n) is 7.05. The van der Waals surface area contributed by atoms with Gasteiger partial charge in [-0.05, 0) is 48.0 Å². The molecule has 0 amide bonds. The molecule has 33 heavy (non-hydrogen) atoms. The summed E-state index contributed by atoms with van der Waals surface area (Å²) in [5.74, 6) is 1.03. The molecule has 0 unspecified atom stereocenters. The van der Waals surface area contributed by atoms with Crippen LogP contribution in [-0.4, -0.2) is 24.6 Å². The molecule has 0 radical (unpaired) electrons. The minimum Gasteiger partial charge on any atom is -0.392 e. The number of fused-ring (bicyclic) bond motifs is 1. The second kappa shape index (κ2) is 9.81. The van der Waals surface area contributed by atoms with Gasteiger partial charge in [-0.3, -0.25) is 4.57 Å². The molecule has 0 aliphatic carbocycles. The van der Waals surface area contributed by atoms with E-state index in [2.05, 4.69) is 4.98 Å². The van der Waals surface area contributed by atoms with Crippen molar-refractivity contribution in [3.05, 3.63) is 89.6 Å². The summed E-state index contributed by atoms with van der Waals surface area (Å²) in [5, 5.41) is 10.0. The average Bonchev–Trinajstić information content (AvgIpc) is 3.24. The van der Waals surface area contributed by atoms with Gasteiger partial charge < -0.3 is 10.8 Å². The molecule has 7 heteroatoms. The third-order valence-electron chi connectivity index (χ3n) is 5.11. The van der Waals surface area contributed by atoms with E-state index in [1.165, 1.54) is 0 Å². The van der Waals surface area contributed by atoms with Gasteiger partial charge in [0.25, 0.3) is 0 Å². The van der Waals surface area contributed by atoms with Crippen LogP contribution in [0.1, 0.15) is 19.4 Å². The fraction of sp³-hybridized carbons (Fsp3) is 0.115. The Hall–Kier alpha value is -3.74. The first-order valence-corrected chi connectivity index (χ1v) is 11.1. The lowest BCUT2D eigenvalue weighted by atomic mass is 10.1. The lowest BCUT2D eigenvalue weighted by molar-refractivity contribution is 0.282. The Morgan fingerprint density at radius 3 is 2.30 bits per heavy atom. The van der Waals surface area contributed by atoms with Crippen molar-refractivity contribution in [2.45, 2.75) is 20.5 Å². The van der Waals surface area contributed by atoms with Gasteiger partial charge >= 0.3 is 0 Å². The number of rotatable bonds is 4. The molecule has 0 atom stereocenters. The third kappa shape index (κ3) is 4.31. The standard InChI is InChI=1S/C24H18ClN5O.C2H6/c25-19-6-2-1-4-17(19)20-11-12-21-24(28-20)30(16-9-7-15(14-31)8-10-16)23(29-21)18-5-3-13-27-22(18)26;1-2/h1-13,31H,14H2,(H2,26,27);1-2H3. The van der Waals surface area contributed by atoms with E-state index >= 15 is 0 Å². The Morgan fingerprint density at radius 1 is 0.879 bits per heavy atom. The fourth-order valence-electron chi connectivity index (χ4n) is 3.56. The van der Waals surface area contributed by atoms with Crippen molar-refractivity contribution in [2.75, 3.05) is 5.73 Å². The molecule has 0 saturated heterocycles. The van der Waals surface area contributed by atoms with Crippen molar-refractivity contribution in [1.29, 1.82) is 0 Å². The van der Waals surface area contributed by atoms with E-state index in [0.29, 0.717) is 27.9 Å². The molecule has 6 nitrogen and oxygen atoms in total. The smallest absolute Gasteiger partial charge is 0.165 e. The van der Waals surface area contributed by atoms with Gasteiger partial charge in [0.2, 0.25) is 0 Å². The van der Waals surface area contributed by atoms with Gasteiger partial charge in [0.05, 0.1) is 17.9 Å². The van der Waals surface area contributed by atoms with Gasteiger partial charge in [-0.2, -0.15) is 0 Å². The molecule has 0 aliphatic heterocycles. The number of anilines is 1. The summed E-state index contributed by atoms with van der Waals surface area (Å²) in [4.78, 5) is 13.9. The molecule has 3 N–H and O–H groups in total. The second-order valence-corrected chi connectivity index (χ2v) is 7.46. The molecule has 0 bridgehead atoms. The van der Waals surface area contributed by atoms with Crippen LogP contribution in [0, 0.1) is 0 Å². The van der Waals surface area contributed by atoms with Crippen LogP contribution < -0.4 is 5.73 Å². The van der Waals surface area contributed by atoms with E-state index in [0.717, 1.165) is 28.0 Å². The summed E-state index contributed by atoms with van der Waals surface area (Å²) >= 11 is 6.41. The Balaban J connectivity index is 0.00000126. The number of hydrogen-bond acceptors (Lipinski definition) is 5. The predicted octanol–water partition coefficient (Wildman–Crippen LogP) is 5.90. The van der Waals surface area contributed by atoms with Gasteiger partial charge in [-0.1, -0.05) is 55.8 Å². The third-order valence-corrected chi connectivity index (χ3v) is 5.44. The number of benzene rings is 2. The summed E-state index contributed by atoms with van der Waals surface area (Å²) in [5.41, 5.74) is 11.5. The zero-order chi connectivity index (χ0) is 23.4. The van der Waals surface area contributed by atoms with Gasteiger partial charge in [-0.15, -0.1) is 0 Å². The van der Waals surface area contributed by atoms with Crippen LogP contribution in [0.4, 0.5) is 5.82 Å². The molecule has 5 aromatic rings. The van der Waals surface area contributed by atoms with E-state index in [9.17, 15) is 5.11 Å². The summed E-state index contributed by atoms with van der Waals surface area (Å²) < 4.78 is 1.95. The minimum absolute atomic E-state index is 0.0255. The van der Waals surface area contributed by atoms with Gasteiger partial charge in [0.15, 0.2) is 11.5 Å². The topological polar surface area (TPSA) is 89.9 Å². The van der Waals surface area contributed by atoms with Gasteiger partial charge in [-0.25, -0.2) is 15.0 Å². The number of pyridine rings is 2. The maximum atomic E-state index is 9.42. The number of imidazole rings is 1. The highest BCUT2D eigenvalue weighted by Crippen LogP contribution is 2.33. The molecule has 166 valence electrons. The Morgan fingerprint density at radius 2 is 1.61 bits per heavy atom. The maximum Gasteiger partial charge on any atom is 0.165 e. The zero-order valence-electron chi connectivity index (χ0n) is 18.4. The minimum atomic E-state index is -0.0255. The van der Waals surface area contributed by atoms with Crippen LogP contribution in [-0.2, 0) is 6.61 Å². The summed E-state index contributed by atoms with van der Waals surface area (Å²) in [6, 6.07) is 22.7. The molecule has 2 aromatic carbocycles. The SMILES string of the molecule is CC.Nc1ncccc1-c1nc2ccc(-c3ccccc3Cl)nc2n1-c1ccc(CO)cc1. The average molecular weight is 458 g/mol. The van der Waals surface area contributed by atoms with Crippen molar-refractivity contribution < 1.29 is 5.11 Å². The lowest BCUT2D eigenvalue weighted by Crippen LogP contribution is -2.02. The summed E-state index contributed by atoms with van der Waals surface area (Å²) in [6.45, 7) is 3.97. The van der Waals surface area contributed by atoms with E-state index in [4.69, 9.17) is 27.3 Å². The zero-order valence-corrected chi connectivity index (χ0v) is 19.2. The number of aliphatic hydroxyl groups is 1. The van der Waals surface area contributed by atoms with Crippen LogP contribution >= 0.6 is 11.6 Å². The largest absolute Gasteiger partial charge is 0.392 e. The molecular formula is C26H24ClN5O. The van der Waals surface area contributed by atoms with Gasteiger partial charge in [0.1, 0.15) is 11.3 Å². The molecule has 0 saturated carbocycles. The number of aliphatic hydroxyl groups excluding tert-OH is 1. The number of nitrogens with zero attached hydrogens (tertiary/aromatic N) is 4. The maximum absolute atomic E-state index is 9.42. The molecule has 0 spiro atoms. The monoisotopic (exact) mass is 457 g/mol. The lowest BCUT2D eigenvalue weighted by Gasteiger charge is -2.11. The molecule has 5 rings (SSSR count). The van der Waals surface area contributed by atoms with Crippen LogP contribution in [0.5, 0.6) is 0 Å². The van der Waals surface area contributed by atoms with E-state index in [1.54, 1.807) is 6.20 Å².